The van der Waals surface area contributed by atoms with Crippen molar-refractivity contribution in [3.05, 3.63) is 6.92 Å². The molecular weight excluding hydrogens is 96.4 g/mol. The lowest BCUT2D eigenvalue weighted by Gasteiger charge is -2.12. The Morgan fingerprint density at radius 3 is 1.43 bits per heavy atom. The summed E-state index contributed by atoms with van der Waals surface area (Å²) in [5, 5.41) is 0. The second-order valence-corrected chi connectivity index (χ2v) is 2.81. The molecule has 1 heteroatoms. The van der Waals surface area contributed by atoms with Gasteiger partial charge in [0, 0.05) is 0 Å². The summed E-state index contributed by atoms with van der Waals surface area (Å²) in [5.41, 5.74) is 0.431. The zero-order chi connectivity index (χ0) is 5.21. The number of rotatable bonds is 0. The maximum atomic E-state index is 3.76. The third-order valence-electron chi connectivity index (χ3n) is 0.750. The second-order valence-electron chi connectivity index (χ2n) is 2.81. The van der Waals surface area contributed by atoms with Crippen LogP contribution in [-0.4, -0.2) is 23.1 Å². The molecule has 0 aromatic rings. The molecule has 0 aromatic heterocycles. The van der Waals surface area contributed by atoms with E-state index in [-0.39, 0.29) is 23.1 Å². The first-order valence-corrected chi connectivity index (χ1v) is 2.35. The van der Waals surface area contributed by atoms with Crippen molar-refractivity contribution in [2.75, 3.05) is 0 Å². The zero-order valence-corrected chi connectivity index (χ0v) is 4.91. The Kier molecular flexibility index (Phi) is 5.70. The molecule has 7 heavy (non-hydrogen) atoms. The van der Waals surface area contributed by atoms with Gasteiger partial charge < -0.3 is 0 Å². The van der Waals surface area contributed by atoms with Crippen LogP contribution < -0.4 is 0 Å². The first-order chi connectivity index (χ1) is 2.56. The first-order valence-electron chi connectivity index (χ1n) is 2.35. The average Bonchev–Trinajstić information content (AvgIpc) is 1.35. The van der Waals surface area contributed by atoms with E-state index in [4.69, 9.17) is 0 Å². The molecule has 0 spiro atoms. The van der Waals surface area contributed by atoms with E-state index < -0.39 is 0 Å². The second kappa shape index (κ2) is 3.73. The van der Waals surface area contributed by atoms with E-state index in [1.54, 1.807) is 0 Å². The standard InChI is InChI=1S/C6H13.Mg.2H/c1-5-6(2,3)4;;;/h1,5H2,2-4H3;;;. The molecule has 41 valence electrons. The Hall–Kier alpha value is 0.766. The lowest BCUT2D eigenvalue weighted by molar-refractivity contribution is 0.419. The fourth-order valence-electron chi connectivity index (χ4n) is 0. The van der Waals surface area contributed by atoms with Gasteiger partial charge in [-0.1, -0.05) is 27.7 Å². The fraction of sp³-hybridized carbons (Fsp3) is 0.833. The van der Waals surface area contributed by atoms with Crippen LogP contribution in [0.5, 0.6) is 0 Å². The van der Waals surface area contributed by atoms with Crippen LogP contribution in [0.3, 0.4) is 0 Å². The third kappa shape index (κ3) is 10.8. The molecule has 0 amide bonds. The van der Waals surface area contributed by atoms with Gasteiger partial charge in [-0.3, -0.25) is 0 Å². The molecule has 0 fully saturated rings. The molecule has 0 bridgehead atoms. The molecular formula is C6H15Mg. The van der Waals surface area contributed by atoms with E-state index in [1.165, 1.54) is 0 Å². The van der Waals surface area contributed by atoms with Crippen molar-refractivity contribution in [2.24, 2.45) is 5.41 Å². The average molecular weight is 111 g/mol. The van der Waals surface area contributed by atoms with Crippen LogP contribution in [0.4, 0.5) is 0 Å². The Bertz CT molecular complexity index is 33.9. The van der Waals surface area contributed by atoms with Crippen molar-refractivity contribution in [3.8, 4) is 0 Å². The summed E-state index contributed by atoms with van der Waals surface area (Å²) >= 11 is 0. The van der Waals surface area contributed by atoms with E-state index >= 15 is 0 Å². The van der Waals surface area contributed by atoms with Gasteiger partial charge in [0.25, 0.3) is 0 Å². The maximum Gasteiger partial charge on any atom is 0.316 e. The van der Waals surface area contributed by atoms with Gasteiger partial charge in [0.15, 0.2) is 0 Å². The Morgan fingerprint density at radius 1 is 1.29 bits per heavy atom. The topological polar surface area (TPSA) is 0 Å². The molecule has 0 heterocycles. The van der Waals surface area contributed by atoms with E-state index in [0.717, 1.165) is 6.42 Å². The number of hydrogen-bond acceptors (Lipinski definition) is 0. The summed E-state index contributed by atoms with van der Waals surface area (Å²) in [6, 6.07) is 0. The van der Waals surface area contributed by atoms with Crippen LogP contribution in [0.2, 0.25) is 0 Å². The van der Waals surface area contributed by atoms with Gasteiger partial charge in [0.05, 0.1) is 0 Å². The smallest absolute Gasteiger partial charge is 0.0602 e. The lowest BCUT2D eigenvalue weighted by Crippen LogP contribution is -2.00. The monoisotopic (exact) mass is 111 g/mol. The molecule has 0 aromatic carbocycles. The summed E-state index contributed by atoms with van der Waals surface area (Å²) in [4.78, 5) is 0. The summed E-state index contributed by atoms with van der Waals surface area (Å²) in [5.74, 6) is 0. The minimum atomic E-state index is 0. The van der Waals surface area contributed by atoms with Gasteiger partial charge in [-0.05, 0) is 11.8 Å². The highest BCUT2D eigenvalue weighted by Gasteiger charge is 2.03. The molecule has 0 nitrogen and oxygen atoms in total. The molecule has 0 atom stereocenters. The van der Waals surface area contributed by atoms with Crippen LogP contribution in [0, 0.1) is 12.3 Å². The summed E-state index contributed by atoms with van der Waals surface area (Å²) in [6.07, 6.45) is 1.02. The summed E-state index contributed by atoms with van der Waals surface area (Å²) < 4.78 is 0. The number of hydrogen-bond donors (Lipinski definition) is 0. The Morgan fingerprint density at radius 2 is 1.43 bits per heavy atom. The van der Waals surface area contributed by atoms with Gasteiger partial charge in [0.1, 0.15) is 0 Å². The SMILES string of the molecule is [CH2]CC(C)(C)C.[MgH2]. The van der Waals surface area contributed by atoms with Crippen LogP contribution >= 0.6 is 0 Å². The molecule has 0 aliphatic carbocycles. The normalized spacial score (nSPS) is 10.3. The quantitative estimate of drug-likeness (QED) is 0.414. The van der Waals surface area contributed by atoms with Crippen molar-refractivity contribution in [3.63, 3.8) is 0 Å². The minimum absolute atomic E-state index is 0. The third-order valence-corrected chi connectivity index (χ3v) is 0.750. The highest BCUT2D eigenvalue weighted by atomic mass is 24.3. The molecule has 0 aliphatic rings. The lowest BCUT2D eigenvalue weighted by atomic mass is 9.94. The highest BCUT2D eigenvalue weighted by Crippen LogP contribution is 2.15. The Labute approximate surface area is 62.8 Å². The van der Waals surface area contributed by atoms with Crippen LogP contribution in [0.15, 0.2) is 0 Å². The molecule has 0 saturated carbocycles. The largest absolute Gasteiger partial charge is 0.316 e. The Balaban J connectivity index is 0. The molecule has 0 unspecified atom stereocenters. The molecule has 0 rings (SSSR count). The molecule has 0 N–H and O–H groups in total. The molecule has 1 radical (unpaired) electrons. The van der Waals surface area contributed by atoms with Crippen molar-refractivity contribution in [1.29, 1.82) is 0 Å². The van der Waals surface area contributed by atoms with Crippen molar-refractivity contribution in [1.82, 2.24) is 0 Å². The van der Waals surface area contributed by atoms with Crippen LogP contribution in [0.1, 0.15) is 27.2 Å². The van der Waals surface area contributed by atoms with E-state index in [1.807, 2.05) is 0 Å². The summed E-state index contributed by atoms with van der Waals surface area (Å²) in [6.45, 7) is 10.3. The summed E-state index contributed by atoms with van der Waals surface area (Å²) in [7, 11) is 0. The van der Waals surface area contributed by atoms with Crippen LogP contribution in [0.25, 0.3) is 0 Å². The fourth-order valence-corrected chi connectivity index (χ4v) is 0. The highest BCUT2D eigenvalue weighted by molar-refractivity contribution is 5.75. The van der Waals surface area contributed by atoms with Gasteiger partial charge in [-0.15, -0.1) is 0 Å². The molecule has 0 saturated heterocycles. The molecule has 0 aliphatic heterocycles. The van der Waals surface area contributed by atoms with Crippen molar-refractivity contribution in [2.45, 2.75) is 27.2 Å². The zero-order valence-electron chi connectivity index (χ0n) is 4.91. The van der Waals surface area contributed by atoms with E-state index in [0.29, 0.717) is 5.41 Å². The van der Waals surface area contributed by atoms with Gasteiger partial charge in [0.2, 0.25) is 0 Å². The maximum absolute atomic E-state index is 3.76. The predicted molar refractivity (Wildman–Crippen MR) is 38.0 cm³/mol. The van der Waals surface area contributed by atoms with Gasteiger partial charge in [-0.25, -0.2) is 0 Å². The van der Waals surface area contributed by atoms with E-state index in [9.17, 15) is 0 Å². The van der Waals surface area contributed by atoms with Gasteiger partial charge in [-0.2, -0.15) is 0 Å². The first kappa shape index (κ1) is 10.7. The predicted octanol–water partition coefficient (Wildman–Crippen LogP) is 1.34. The van der Waals surface area contributed by atoms with E-state index in [2.05, 4.69) is 27.7 Å². The van der Waals surface area contributed by atoms with Gasteiger partial charge >= 0.3 is 23.1 Å². The minimum Gasteiger partial charge on any atom is -0.0602 e. The van der Waals surface area contributed by atoms with Crippen molar-refractivity contribution < 1.29 is 0 Å². The van der Waals surface area contributed by atoms with Crippen molar-refractivity contribution >= 4 is 23.1 Å². The van der Waals surface area contributed by atoms with Crippen LogP contribution in [-0.2, 0) is 0 Å².